The highest BCUT2D eigenvalue weighted by molar-refractivity contribution is 5.86. The predicted molar refractivity (Wildman–Crippen MR) is 144 cm³/mol. The van der Waals surface area contributed by atoms with Crippen molar-refractivity contribution in [2.75, 3.05) is 27.2 Å². The minimum Gasteiger partial charge on any atom is -0.481 e. The number of aliphatic hydroxyl groups excluding tert-OH is 1. The summed E-state index contributed by atoms with van der Waals surface area (Å²) >= 11 is 0. The van der Waals surface area contributed by atoms with Crippen molar-refractivity contribution >= 4 is 23.5 Å². The van der Waals surface area contributed by atoms with Gasteiger partial charge in [0.05, 0.1) is 13.2 Å². The van der Waals surface area contributed by atoms with Gasteiger partial charge in [0.2, 0.25) is 11.8 Å². The van der Waals surface area contributed by atoms with Crippen LogP contribution >= 0.6 is 0 Å². The number of hydrogen-bond donors (Lipinski definition) is 4. The normalized spacial score (nSPS) is 14.1. The number of nitrogens with one attached hydrogen (secondary N) is 1. The molecule has 1 saturated heterocycles. The van der Waals surface area contributed by atoms with Gasteiger partial charge in [-0.05, 0) is 42.8 Å². The maximum atomic E-state index is 11.6. The van der Waals surface area contributed by atoms with Crippen LogP contribution in [0.2, 0.25) is 0 Å². The van der Waals surface area contributed by atoms with Crippen LogP contribution in [-0.2, 0) is 16.1 Å². The van der Waals surface area contributed by atoms with Crippen molar-refractivity contribution in [1.82, 2.24) is 15.2 Å². The summed E-state index contributed by atoms with van der Waals surface area (Å²) in [6, 6.07) is 8.38. The van der Waals surface area contributed by atoms with Gasteiger partial charge in [-0.2, -0.15) is 0 Å². The Kier molecular flexibility index (Phi) is 18.5. The molecule has 1 fully saturated rings. The van der Waals surface area contributed by atoms with Crippen LogP contribution in [0.25, 0.3) is 10.8 Å². The molecule has 9 nitrogen and oxygen atoms in total. The molecule has 200 valence electrons. The molecular formula is C26H47N5O4. The lowest BCUT2D eigenvalue weighted by Crippen LogP contribution is -2.32. The SMILES string of the molecule is C=O.CC.CC(C)(C)CC(=O)N1CCC(O)C1.CNCc1ccc2c(C)nc(OC)cc2c1.NN. The third-order valence-electron chi connectivity index (χ3n) is 4.85. The molecule has 0 bridgehead atoms. The highest BCUT2D eigenvalue weighted by atomic mass is 16.5. The molecule has 1 aromatic heterocycles. The van der Waals surface area contributed by atoms with Gasteiger partial charge in [0.1, 0.15) is 6.79 Å². The molecule has 1 aliphatic heterocycles. The van der Waals surface area contributed by atoms with Gasteiger partial charge in [-0.25, -0.2) is 4.98 Å². The number of likely N-dealkylation sites (tertiary alicyclic amines) is 1. The molecule has 1 aromatic carbocycles. The van der Waals surface area contributed by atoms with E-state index in [1.165, 1.54) is 16.3 Å². The maximum absolute atomic E-state index is 11.6. The van der Waals surface area contributed by atoms with E-state index in [9.17, 15) is 9.90 Å². The molecule has 0 saturated carbocycles. The van der Waals surface area contributed by atoms with Gasteiger partial charge in [0.15, 0.2) is 0 Å². The molecule has 3 rings (SSSR count). The van der Waals surface area contributed by atoms with Gasteiger partial charge in [0.25, 0.3) is 0 Å². The van der Waals surface area contributed by atoms with Crippen LogP contribution in [0.15, 0.2) is 24.3 Å². The molecular weight excluding hydrogens is 446 g/mol. The number of rotatable bonds is 4. The number of nitrogens with two attached hydrogens (primary N) is 2. The second-order valence-electron chi connectivity index (χ2n) is 8.86. The quantitative estimate of drug-likeness (QED) is 0.376. The maximum Gasteiger partial charge on any atom is 0.223 e. The Balaban J connectivity index is 0. The molecule has 1 unspecified atom stereocenters. The van der Waals surface area contributed by atoms with Crippen LogP contribution in [0.5, 0.6) is 5.88 Å². The number of aromatic nitrogens is 1. The van der Waals surface area contributed by atoms with Gasteiger partial charge in [-0.3, -0.25) is 16.5 Å². The predicted octanol–water partition coefficient (Wildman–Crippen LogP) is 2.95. The summed E-state index contributed by atoms with van der Waals surface area (Å²) in [4.78, 5) is 25.7. The number of nitrogens with zero attached hydrogens (tertiary/aromatic N) is 2. The lowest BCUT2D eigenvalue weighted by molar-refractivity contribution is -0.132. The minimum absolute atomic E-state index is 0.0463. The first-order valence-electron chi connectivity index (χ1n) is 11.8. The number of benzene rings is 1. The van der Waals surface area contributed by atoms with E-state index < -0.39 is 0 Å². The first-order valence-corrected chi connectivity index (χ1v) is 11.8. The summed E-state index contributed by atoms with van der Waals surface area (Å²) in [6.07, 6.45) is 0.999. The summed E-state index contributed by atoms with van der Waals surface area (Å²) in [5.41, 5.74) is 2.32. The van der Waals surface area contributed by atoms with Gasteiger partial charge >= 0.3 is 0 Å². The monoisotopic (exact) mass is 493 g/mol. The third-order valence-corrected chi connectivity index (χ3v) is 4.85. The first-order chi connectivity index (χ1) is 16.6. The molecule has 6 N–H and O–H groups in total. The zero-order valence-electron chi connectivity index (χ0n) is 22.9. The van der Waals surface area contributed by atoms with Crippen LogP contribution in [-0.4, -0.2) is 61.0 Å². The third kappa shape index (κ3) is 13.2. The van der Waals surface area contributed by atoms with E-state index in [0.717, 1.165) is 25.2 Å². The summed E-state index contributed by atoms with van der Waals surface area (Å²) in [5, 5.41) is 14.8. The molecule has 1 atom stereocenters. The Morgan fingerprint density at radius 3 is 2.31 bits per heavy atom. The Labute approximate surface area is 211 Å². The van der Waals surface area contributed by atoms with Crippen molar-refractivity contribution in [1.29, 1.82) is 0 Å². The molecule has 0 aliphatic carbocycles. The first kappa shape index (κ1) is 34.6. The minimum atomic E-state index is -0.302. The van der Waals surface area contributed by atoms with Crippen molar-refractivity contribution in [3.05, 3.63) is 35.5 Å². The zero-order chi connectivity index (χ0) is 27.6. The summed E-state index contributed by atoms with van der Waals surface area (Å²) in [7, 11) is 3.59. The van der Waals surface area contributed by atoms with Crippen LogP contribution in [0.4, 0.5) is 0 Å². The van der Waals surface area contributed by atoms with E-state index in [1.54, 1.807) is 12.0 Å². The van der Waals surface area contributed by atoms with Crippen LogP contribution < -0.4 is 21.7 Å². The molecule has 35 heavy (non-hydrogen) atoms. The number of methoxy groups -OCH3 is 1. The van der Waals surface area contributed by atoms with E-state index >= 15 is 0 Å². The average Bonchev–Trinajstić information content (AvgIpc) is 3.29. The van der Waals surface area contributed by atoms with E-state index in [4.69, 9.17) is 9.53 Å². The van der Waals surface area contributed by atoms with Crippen molar-refractivity contribution in [2.24, 2.45) is 17.1 Å². The number of β-amino-alcohol motifs (C(OH)–C–C–N with tert-alkyl or cyclic N) is 1. The molecule has 9 heteroatoms. The fourth-order valence-corrected chi connectivity index (χ4v) is 3.40. The van der Waals surface area contributed by atoms with Crippen LogP contribution in [0.3, 0.4) is 0 Å². The van der Waals surface area contributed by atoms with Crippen molar-refractivity contribution in [3.63, 3.8) is 0 Å². The molecule has 2 heterocycles. The molecule has 1 aliphatic rings. The van der Waals surface area contributed by atoms with E-state index in [2.05, 4.69) is 61.0 Å². The van der Waals surface area contributed by atoms with E-state index in [0.29, 0.717) is 18.8 Å². The second-order valence-corrected chi connectivity index (χ2v) is 8.86. The van der Waals surface area contributed by atoms with E-state index in [1.807, 2.05) is 40.7 Å². The lowest BCUT2D eigenvalue weighted by Gasteiger charge is -2.22. The number of carbonyl (C=O) groups excluding carboxylic acids is 2. The lowest BCUT2D eigenvalue weighted by atomic mass is 9.92. The van der Waals surface area contributed by atoms with E-state index in [-0.39, 0.29) is 17.4 Å². The number of pyridine rings is 1. The van der Waals surface area contributed by atoms with Crippen LogP contribution in [0, 0.1) is 12.3 Å². The highest BCUT2D eigenvalue weighted by Crippen LogP contribution is 2.23. The Hall–Kier alpha value is -2.59. The van der Waals surface area contributed by atoms with Gasteiger partial charge < -0.3 is 24.9 Å². The number of carbonyl (C=O) groups is 2. The molecule has 2 aromatic rings. The number of amides is 1. The largest absolute Gasteiger partial charge is 0.481 e. The number of hydrazine groups is 1. The Morgan fingerprint density at radius 1 is 1.26 bits per heavy atom. The zero-order valence-corrected chi connectivity index (χ0v) is 22.9. The number of fused-ring (bicyclic) bond motifs is 1. The van der Waals surface area contributed by atoms with Gasteiger partial charge in [-0.15, -0.1) is 0 Å². The van der Waals surface area contributed by atoms with Gasteiger partial charge in [-0.1, -0.05) is 46.8 Å². The second kappa shape index (κ2) is 18.7. The Bertz CT molecular complexity index is 855. The summed E-state index contributed by atoms with van der Waals surface area (Å²) in [5.74, 6) is 8.84. The highest BCUT2D eigenvalue weighted by Gasteiger charge is 2.27. The van der Waals surface area contributed by atoms with Crippen molar-refractivity contribution < 1.29 is 19.4 Å². The number of ether oxygens (including phenoxy) is 1. The fraction of sp³-hybridized carbons (Fsp3) is 0.577. The number of aliphatic hydroxyl groups is 1. The number of hydrogen-bond acceptors (Lipinski definition) is 8. The topological polar surface area (TPSA) is 144 Å². The smallest absolute Gasteiger partial charge is 0.223 e. The van der Waals surface area contributed by atoms with Gasteiger partial charge in [0, 0.05) is 43.2 Å². The average molecular weight is 494 g/mol. The summed E-state index contributed by atoms with van der Waals surface area (Å²) < 4.78 is 5.18. The number of aryl methyl sites for hydroxylation is 1. The molecule has 0 spiro atoms. The molecule has 1 amide bonds. The Morgan fingerprint density at radius 2 is 1.86 bits per heavy atom. The standard InChI is InChI=1S/C13H16N2O.C10H19NO2.C2H6.CH2O.H4N2/c1-9-12-5-4-10(8-14-2)6-11(12)7-13(15-9)16-3;1-10(2,3)6-9(13)11-5-4-8(12)7-11;3*1-2/h4-7,14H,8H2,1-3H3;8,12H,4-7H2,1-3H3;1-2H3;1H2;1-2H2. The fourth-order valence-electron chi connectivity index (χ4n) is 3.40. The summed E-state index contributed by atoms with van der Waals surface area (Å²) in [6.45, 7) is 16.3. The van der Waals surface area contributed by atoms with Crippen molar-refractivity contribution in [2.45, 2.75) is 67.0 Å². The van der Waals surface area contributed by atoms with Crippen molar-refractivity contribution in [3.8, 4) is 5.88 Å². The van der Waals surface area contributed by atoms with Crippen LogP contribution in [0.1, 0.15) is 58.7 Å². The molecule has 0 radical (unpaired) electrons.